The second-order valence-electron chi connectivity index (χ2n) is 7.62. The maximum atomic E-state index is 13.5. The summed E-state index contributed by atoms with van der Waals surface area (Å²) in [6.45, 7) is 4.30. The van der Waals surface area contributed by atoms with E-state index in [1.165, 1.54) is 48.5 Å². The first-order chi connectivity index (χ1) is 16.0. The topological polar surface area (TPSA) is 96.5 Å². The average Bonchev–Trinajstić information content (AvgIpc) is 3.09. The van der Waals surface area contributed by atoms with E-state index < -0.39 is 34.1 Å². The molecule has 10 heteroatoms. The smallest absolute Gasteiger partial charge is 0.340 e. The third-order valence-electron chi connectivity index (χ3n) is 5.18. The van der Waals surface area contributed by atoms with Gasteiger partial charge in [0.2, 0.25) is 10.0 Å². The maximum absolute atomic E-state index is 13.5. The van der Waals surface area contributed by atoms with E-state index in [9.17, 15) is 22.4 Å². The van der Waals surface area contributed by atoms with Crippen LogP contribution in [0.2, 0.25) is 5.02 Å². The number of benzene rings is 2. The zero-order valence-electron chi connectivity index (χ0n) is 18.9. The van der Waals surface area contributed by atoms with E-state index >= 15 is 0 Å². The van der Waals surface area contributed by atoms with Crippen LogP contribution >= 0.6 is 11.6 Å². The van der Waals surface area contributed by atoms with Gasteiger partial charge >= 0.3 is 5.97 Å². The predicted molar refractivity (Wildman–Crippen MR) is 126 cm³/mol. The van der Waals surface area contributed by atoms with Gasteiger partial charge in [0.15, 0.2) is 5.78 Å². The number of carbonyl (C=O) groups excluding carboxylic acids is 2. The van der Waals surface area contributed by atoms with Crippen LogP contribution < -0.4 is 0 Å². The Morgan fingerprint density at radius 3 is 2.18 bits per heavy atom. The fourth-order valence-corrected chi connectivity index (χ4v) is 5.11. The quantitative estimate of drug-likeness (QED) is 0.336. The molecule has 0 fully saturated rings. The van der Waals surface area contributed by atoms with Gasteiger partial charge in [0.1, 0.15) is 5.82 Å². The van der Waals surface area contributed by atoms with E-state index in [1.54, 1.807) is 20.8 Å². The number of aromatic nitrogens is 1. The fraction of sp³-hybridized carbons (Fsp3) is 0.250. The van der Waals surface area contributed by atoms with Crippen molar-refractivity contribution in [1.82, 2.24) is 9.29 Å². The molecule has 180 valence electrons. The molecule has 1 heterocycles. The molecule has 0 unspecified atom stereocenters. The number of nitrogens with one attached hydrogen (secondary N) is 1. The summed E-state index contributed by atoms with van der Waals surface area (Å²) in [6, 6.07) is 10.9. The number of esters is 1. The van der Waals surface area contributed by atoms with Crippen molar-refractivity contribution in [2.45, 2.75) is 32.2 Å². The van der Waals surface area contributed by atoms with Crippen LogP contribution in [0.4, 0.5) is 4.39 Å². The predicted octanol–water partition coefficient (Wildman–Crippen LogP) is 4.67. The van der Waals surface area contributed by atoms with Gasteiger partial charge < -0.3 is 9.72 Å². The van der Waals surface area contributed by atoms with E-state index in [2.05, 4.69) is 4.98 Å². The van der Waals surface area contributed by atoms with Crippen LogP contribution in [0.1, 0.15) is 44.6 Å². The number of ether oxygens (including phenoxy) is 1. The SMILES string of the molecule is CCOC(=O)c1c(C)[nH]c(C)c1C(=O)CN(Cc1ccc(F)cc1)S(=O)(=O)c1ccc(Cl)cc1. The Morgan fingerprint density at radius 2 is 1.59 bits per heavy atom. The third kappa shape index (κ3) is 5.55. The first kappa shape index (κ1) is 25.6. The number of hydrogen-bond acceptors (Lipinski definition) is 5. The highest BCUT2D eigenvalue weighted by Crippen LogP contribution is 2.24. The molecule has 3 aromatic rings. The van der Waals surface area contributed by atoms with E-state index in [-0.39, 0.29) is 29.2 Å². The van der Waals surface area contributed by atoms with Gasteiger partial charge in [-0.05, 0) is 62.7 Å². The van der Waals surface area contributed by atoms with Crippen LogP contribution in [0, 0.1) is 19.7 Å². The summed E-state index contributed by atoms with van der Waals surface area (Å²) in [4.78, 5) is 28.8. The summed E-state index contributed by atoms with van der Waals surface area (Å²) in [6.07, 6.45) is 0. The van der Waals surface area contributed by atoms with Gasteiger partial charge in [0.05, 0.1) is 29.2 Å². The third-order valence-corrected chi connectivity index (χ3v) is 7.23. The molecule has 0 saturated heterocycles. The minimum atomic E-state index is -4.14. The number of hydrogen-bond donors (Lipinski definition) is 1. The molecule has 0 atom stereocenters. The Kier molecular flexibility index (Phi) is 7.91. The molecule has 34 heavy (non-hydrogen) atoms. The lowest BCUT2D eigenvalue weighted by atomic mass is 10.0. The van der Waals surface area contributed by atoms with Gasteiger partial charge in [0, 0.05) is 23.0 Å². The number of sulfonamides is 1. The van der Waals surface area contributed by atoms with Crippen LogP contribution in [0.3, 0.4) is 0 Å². The van der Waals surface area contributed by atoms with Crippen LogP contribution in [-0.2, 0) is 21.3 Å². The number of Topliss-reactive ketones (excluding diaryl/α,β-unsaturated/α-hetero) is 1. The summed E-state index contributed by atoms with van der Waals surface area (Å²) in [5.41, 5.74) is 1.52. The maximum Gasteiger partial charge on any atom is 0.340 e. The number of aryl methyl sites for hydroxylation is 2. The van der Waals surface area contributed by atoms with E-state index in [4.69, 9.17) is 16.3 Å². The Bertz CT molecular complexity index is 1300. The summed E-state index contributed by atoms with van der Waals surface area (Å²) in [5.74, 6) is -1.72. The number of nitrogens with zero attached hydrogens (tertiary/aromatic N) is 1. The van der Waals surface area contributed by atoms with Gasteiger partial charge in [-0.15, -0.1) is 0 Å². The van der Waals surface area contributed by atoms with Crippen LogP contribution in [-0.4, -0.2) is 42.6 Å². The van der Waals surface area contributed by atoms with Gasteiger partial charge in [-0.2, -0.15) is 4.31 Å². The lowest BCUT2D eigenvalue weighted by Crippen LogP contribution is -2.36. The molecule has 1 N–H and O–H groups in total. The standard InChI is InChI=1S/C24H24ClFN2O5S/c1-4-33-24(30)23-16(3)27-15(2)22(23)21(29)14-28(13-17-5-9-19(26)10-6-17)34(31,32)20-11-7-18(25)8-12-20/h5-12,27H,4,13-14H2,1-3H3. The average molecular weight is 507 g/mol. The number of rotatable bonds is 9. The largest absolute Gasteiger partial charge is 0.462 e. The lowest BCUT2D eigenvalue weighted by Gasteiger charge is -2.22. The van der Waals surface area contributed by atoms with Gasteiger partial charge in [-0.1, -0.05) is 23.7 Å². The Balaban J connectivity index is 2.02. The van der Waals surface area contributed by atoms with Crippen molar-refractivity contribution in [3.63, 3.8) is 0 Å². The lowest BCUT2D eigenvalue weighted by molar-refractivity contribution is 0.0522. The normalized spacial score (nSPS) is 11.6. The van der Waals surface area contributed by atoms with Gasteiger partial charge in [-0.25, -0.2) is 17.6 Å². The monoisotopic (exact) mass is 506 g/mol. The number of carbonyl (C=O) groups is 2. The van der Waals surface area contributed by atoms with Crippen molar-refractivity contribution >= 4 is 33.4 Å². The summed E-state index contributed by atoms with van der Waals surface area (Å²) >= 11 is 5.90. The summed E-state index contributed by atoms with van der Waals surface area (Å²) in [7, 11) is -4.14. The van der Waals surface area contributed by atoms with E-state index in [1.807, 2.05) is 0 Å². The highest BCUT2D eigenvalue weighted by molar-refractivity contribution is 7.89. The summed E-state index contributed by atoms with van der Waals surface area (Å²) in [5, 5.41) is 0.359. The fourth-order valence-electron chi connectivity index (χ4n) is 3.60. The zero-order chi connectivity index (χ0) is 25.0. The number of H-pyrrole nitrogens is 1. The van der Waals surface area contributed by atoms with Gasteiger partial charge in [0.25, 0.3) is 0 Å². The first-order valence-corrected chi connectivity index (χ1v) is 12.3. The minimum absolute atomic E-state index is 0.0561. The number of halogens is 2. The number of aromatic amines is 1. The first-order valence-electron chi connectivity index (χ1n) is 10.4. The van der Waals surface area contributed by atoms with Crippen molar-refractivity contribution in [2.24, 2.45) is 0 Å². The molecule has 0 aliphatic heterocycles. The minimum Gasteiger partial charge on any atom is -0.462 e. The van der Waals surface area contributed by atoms with Crippen molar-refractivity contribution in [3.05, 3.63) is 87.4 Å². The Hall–Kier alpha value is -3.01. The molecule has 0 saturated carbocycles. The van der Waals surface area contributed by atoms with Crippen LogP contribution in [0.5, 0.6) is 0 Å². The molecular formula is C24H24ClFN2O5S. The van der Waals surface area contributed by atoms with Crippen LogP contribution in [0.15, 0.2) is 53.4 Å². The Morgan fingerprint density at radius 1 is 1.00 bits per heavy atom. The molecule has 0 spiro atoms. The molecule has 0 aliphatic carbocycles. The molecular weight excluding hydrogens is 483 g/mol. The molecule has 2 aromatic carbocycles. The van der Waals surface area contributed by atoms with E-state index in [0.29, 0.717) is 22.0 Å². The molecule has 0 radical (unpaired) electrons. The van der Waals surface area contributed by atoms with Crippen molar-refractivity contribution in [3.8, 4) is 0 Å². The highest BCUT2D eigenvalue weighted by atomic mass is 35.5. The molecule has 3 rings (SSSR count). The Labute approximate surface area is 202 Å². The van der Waals surface area contributed by atoms with Crippen LogP contribution in [0.25, 0.3) is 0 Å². The van der Waals surface area contributed by atoms with Crippen molar-refractivity contribution < 1.29 is 27.1 Å². The molecule has 1 aromatic heterocycles. The molecule has 0 aliphatic rings. The zero-order valence-corrected chi connectivity index (χ0v) is 20.5. The number of ketones is 1. The van der Waals surface area contributed by atoms with Crippen molar-refractivity contribution in [1.29, 1.82) is 0 Å². The summed E-state index contributed by atoms with van der Waals surface area (Å²) < 4.78 is 46.3. The highest BCUT2D eigenvalue weighted by Gasteiger charge is 2.31. The van der Waals surface area contributed by atoms with E-state index in [0.717, 1.165) is 4.31 Å². The molecule has 0 bridgehead atoms. The second kappa shape index (κ2) is 10.5. The molecule has 0 amide bonds. The molecule has 7 nitrogen and oxygen atoms in total. The van der Waals surface area contributed by atoms with Crippen molar-refractivity contribution in [2.75, 3.05) is 13.2 Å². The van der Waals surface area contributed by atoms with Gasteiger partial charge in [-0.3, -0.25) is 4.79 Å². The second-order valence-corrected chi connectivity index (χ2v) is 10.00.